The van der Waals surface area contributed by atoms with Gasteiger partial charge in [0.05, 0.1) is 26.3 Å². The van der Waals surface area contributed by atoms with Crippen molar-refractivity contribution in [2.45, 2.75) is 25.9 Å². The maximum atomic E-state index is 13.3. The number of pyridine rings is 3. The molecule has 0 spiro atoms. The van der Waals surface area contributed by atoms with Crippen molar-refractivity contribution < 1.29 is 16.0 Å². The Morgan fingerprint density at radius 2 is 2.06 bits per heavy atom. The second-order valence-electron chi connectivity index (χ2n) is 8.20. The number of ether oxygens (including phenoxy) is 1. The van der Waals surface area contributed by atoms with E-state index in [1.165, 1.54) is 23.7 Å². The number of aliphatic hydroxyl groups excluding tert-OH is 1. The molecule has 0 bridgehead atoms. The summed E-state index contributed by atoms with van der Waals surface area (Å²) in [5.41, 5.74) is 2.79. The van der Waals surface area contributed by atoms with E-state index in [9.17, 15) is 9.90 Å². The van der Waals surface area contributed by atoms with Gasteiger partial charge in [0.25, 0.3) is 5.91 Å². The number of thiazole rings is 1. The number of nitrogens with one attached hydrogen (secondary N) is 1. The van der Waals surface area contributed by atoms with Crippen LogP contribution in [-0.4, -0.2) is 57.2 Å². The SMILES string of the molecule is [2H]COc1cnc(Cl)cc1-c1cc(C)ncc1C(=O)Nc1nc2ccc(N3CCC(O)CC3)nc2s1. The van der Waals surface area contributed by atoms with Crippen LogP contribution in [0.1, 0.15) is 30.3 Å². The third-order valence-electron chi connectivity index (χ3n) is 5.81. The number of rotatable bonds is 5. The zero-order valence-electron chi connectivity index (χ0n) is 19.9. The van der Waals surface area contributed by atoms with Gasteiger partial charge in [-0.3, -0.25) is 15.1 Å². The molecule has 1 amide bonds. The molecule has 1 aliphatic heterocycles. The number of amides is 1. The summed E-state index contributed by atoms with van der Waals surface area (Å²) in [4.78, 5) is 33.8. The number of hydrogen-bond donors (Lipinski definition) is 2. The molecule has 0 unspecified atom stereocenters. The highest BCUT2D eigenvalue weighted by Crippen LogP contribution is 2.35. The number of aliphatic hydroxyl groups is 1. The monoisotopic (exact) mass is 511 g/mol. The molecule has 180 valence electrons. The summed E-state index contributed by atoms with van der Waals surface area (Å²) in [6, 6.07) is 7.16. The Hall–Kier alpha value is -3.34. The van der Waals surface area contributed by atoms with Gasteiger partial charge in [-0.05, 0) is 44.0 Å². The minimum Gasteiger partial charge on any atom is -0.494 e. The summed E-state index contributed by atoms with van der Waals surface area (Å²) in [5, 5.41) is 13.3. The van der Waals surface area contributed by atoms with Crippen LogP contribution in [-0.2, 0) is 0 Å². The molecule has 5 heterocycles. The average Bonchev–Trinajstić information content (AvgIpc) is 3.27. The number of piperidine rings is 1. The molecule has 2 N–H and O–H groups in total. The van der Waals surface area contributed by atoms with Crippen molar-refractivity contribution in [1.29, 1.82) is 0 Å². The molecule has 1 aliphatic rings. The number of fused-ring (bicyclic) bond motifs is 1. The summed E-state index contributed by atoms with van der Waals surface area (Å²) < 4.78 is 12.8. The number of carbonyl (C=O) groups is 1. The number of anilines is 2. The van der Waals surface area contributed by atoms with Crippen molar-refractivity contribution in [2.24, 2.45) is 0 Å². The third-order valence-corrected chi connectivity index (χ3v) is 6.90. The number of aryl methyl sites for hydroxylation is 1. The molecule has 1 fully saturated rings. The zero-order valence-corrected chi connectivity index (χ0v) is 20.4. The van der Waals surface area contributed by atoms with Crippen LogP contribution in [0.15, 0.2) is 36.7 Å². The highest BCUT2D eigenvalue weighted by Gasteiger charge is 2.21. The van der Waals surface area contributed by atoms with E-state index in [2.05, 4.69) is 25.2 Å². The predicted octanol–water partition coefficient (Wildman–Crippen LogP) is 4.33. The second-order valence-corrected chi connectivity index (χ2v) is 9.57. The molecule has 5 rings (SSSR count). The summed E-state index contributed by atoms with van der Waals surface area (Å²) in [6.45, 7) is 3.31. The Morgan fingerprint density at radius 1 is 1.23 bits per heavy atom. The molecule has 4 aromatic rings. The van der Waals surface area contributed by atoms with Crippen LogP contribution in [0.3, 0.4) is 0 Å². The fourth-order valence-corrected chi connectivity index (χ4v) is 4.99. The maximum Gasteiger partial charge on any atom is 0.259 e. The molecule has 11 heteroatoms. The van der Waals surface area contributed by atoms with E-state index in [4.69, 9.17) is 22.7 Å². The Labute approximate surface area is 212 Å². The summed E-state index contributed by atoms with van der Waals surface area (Å²) in [5.74, 6) is 0.778. The number of carbonyl (C=O) groups excluding carboxylic acids is 1. The van der Waals surface area contributed by atoms with Gasteiger partial charge in [0.1, 0.15) is 27.1 Å². The molecular weight excluding hydrogens is 488 g/mol. The quantitative estimate of drug-likeness (QED) is 0.380. The average molecular weight is 512 g/mol. The largest absolute Gasteiger partial charge is 0.494 e. The molecule has 35 heavy (non-hydrogen) atoms. The predicted molar refractivity (Wildman–Crippen MR) is 137 cm³/mol. The molecular formula is C24H23ClN6O3S. The standard InChI is InChI=1S/C24H23ClN6O3S/c1-13-9-15(16-10-20(25)27-12-19(16)34-2)17(11-26-13)22(33)30-24-28-18-3-4-21(29-23(18)35-24)31-7-5-14(32)6-8-31/h3-4,9-12,14,32H,5-8H2,1-2H3,(H,28,30,33)/i2D. The second kappa shape index (κ2) is 9.73. The highest BCUT2D eigenvalue weighted by atomic mass is 35.5. The van der Waals surface area contributed by atoms with E-state index in [1.54, 1.807) is 12.1 Å². The van der Waals surface area contributed by atoms with Crippen LogP contribution in [0.2, 0.25) is 5.15 Å². The van der Waals surface area contributed by atoms with Crippen LogP contribution in [0, 0.1) is 6.92 Å². The van der Waals surface area contributed by atoms with Gasteiger partial charge in [-0.25, -0.2) is 15.0 Å². The molecule has 9 nitrogen and oxygen atoms in total. The van der Waals surface area contributed by atoms with Gasteiger partial charge in [-0.15, -0.1) is 0 Å². The third kappa shape index (κ3) is 4.90. The number of aromatic nitrogens is 4. The first-order chi connectivity index (χ1) is 17.4. The lowest BCUT2D eigenvalue weighted by atomic mass is 10.0. The fraction of sp³-hybridized carbons (Fsp3) is 0.292. The molecule has 0 atom stereocenters. The van der Waals surface area contributed by atoms with E-state index in [0.29, 0.717) is 56.5 Å². The molecule has 0 saturated carbocycles. The van der Waals surface area contributed by atoms with E-state index < -0.39 is 5.91 Å². The molecule has 4 aromatic heterocycles. The molecule has 0 aliphatic carbocycles. The molecule has 1 saturated heterocycles. The minimum atomic E-state index is -0.397. The van der Waals surface area contributed by atoms with E-state index in [0.717, 1.165) is 18.9 Å². The lowest BCUT2D eigenvalue weighted by Crippen LogP contribution is -2.36. The van der Waals surface area contributed by atoms with Crippen molar-refractivity contribution in [2.75, 3.05) is 30.4 Å². The zero-order chi connectivity index (χ0) is 25.2. The number of hydrogen-bond acceptors (Lipinski definition) is 9. The topological polar surface area (TPSA) is 113 Å². The van der Waals surface area contributed by atoms with E-state index in [-0.39, 0.29) is 18.3 Å². The first kappa shape index (κ1) is 22.1. The smallest absolute Gasteiger partial charge is 0.259 e. The van der Waals surface area contributed by atoms with Gasteiger partial charge in [0, 0.05) is 36.1 Å². The van der Waals surface area contributed by atoms with Crippen LogP contribution in [0.4, 0.5) is 10.9 Å². The lowest BCUT2D eigenvalue weighted by Gasteiger charge is -2.30. The van der Waals surface area contributed by atoms with Crippen LogP contribution >= 0.6 is 22.9 Å². The van der Waals surface area contributed by atoms with E-state index >= 15 is 0 Å². The van der Waals surface area contributed by atoms with Gasteiger partial charge in [0.15, 0.2) is 5.13 Å². The van der Waals surface area contributed by atoms with Gasteiger partial charge < -0.3 is 14.7 Å². The van der Waals surface area contributed by atoms with Crippen LogP contribution in [0.5, 0.6) is 5.75 Å². The van der Waals surface area contributed by atoms with Crippen LogP contribution in [0.25, 0.3) is 21.5 Å². The Bertz CT molecular complexity index is 1430. The first-order valence-corrected chi connectivity index (χ1v) is 12.2. The maximum absolute atomic E-state index is 13.3. The molecule has 0 radical (unpaired) electrons. The number of nitrogens with zero attached hydrogens (tertiary/aromatic N) is 5. The Morgan fingerprint density at radius 3 is 2.86 bits per heavy atom. The van der Waals surface area contributed by atoms with Gasteiger partial charge in [0.2, 0.25) is 0 Å². The summed E-state index contributed by atoms with van der Waals surface area (Å²) in [7, 11) is -0.305. The Balaban J connectivity index is 1.43. The summed E-state index contributed by atoms with van der Waals surface area (Å²) in [6.07, 6.45) is 4.10. The fourth-order valence-electron chi connectivity index (χ4n) is 4.00. The minimum absolute atomic E-state index is 0.236. The van der Waals surface area contributed by atoms with Crippen molar-refractivity contribution in [1.82, 2.24) is 19.9 Å². The van der Waals surface area contributed by atoms with Crippen molar-refractivity contribution >= 4 is 50.1 Å². The number of methoxy groups -OCH3 is 1. The van der Waals surface area contributed by atoms with Gasteiger partial charge in [-0.2, -0.15) is 0 Å². The number of halogens is 1. The Kier molecular flexibility index (Phi) is 6.15. The van der Waals surface area contributed by atoms with Gasteiger partial charge >= 0.3 is 0 Å². The van der Waals surface area contributed by atoms with Crippen molar-refractivity contribution in [3.63, 3.8) is 0 Å². The van der Waals surface area contributed by atoms with Gasteiger partial charge in [-0.1, -0.05) is 22.9 Å². The normalized spacial score (nSPS) is 14.7. The van der Waals surface area contributed by atoms with Crippen LogP contribution < -0.4 is 15.0 Å². The summed E-state index contributed by atoms with van der Waals surface area (Å²) >= 11 is 7.41. The first-order valence-electron chi connectivity index (χ1n) is 11.7. The lowest BCUT2D eigenvalue weighted by molar-refractivity contribution is 0.102. The van der Waals surface area contributed by atoms with Crippen molar-refractivity contribution in [3.8, 4) is 16.9 Å². The van der Waals surface area contributed by atoms with E-state index in [1.807, 2.05) is 19.1 Å². The highest BCUT2D eigenvalue weighted by molar-refractivity contribution is 7.22. The van der Waals surface area contributed by atoms with Crippen molar-refractivity contribution in [3.05, 3.63) is 53.1 Å². The molecule has 0 aromatic carbocycles.